The number of hydrogen-bond acceptors (Lipinski definition) is 4. The van der Waals surface area contributed by atoms with E-state index in [1.165, 1.54) is 11.6 Å². The van der Waals surface area contributed by atoms with Gasteiger partial charge in [0.1, 0.15) is 0 Å². The molecule has 0 aliphatic carbocycles. The summed E-state index contributed by atoms with van der Waals surface area (Å²) in [5, 5.41) is 12.7. The first-order valence-corrected chi connectivity index (χ1v) is 7.64. The first-order chi connectivity index (χ1) is 10.6. The third kappa shape index (κ3) is 5.97. The number of ether oxygens (including phenoxy) is 1. The zero-order valence-electron chi connectivity index (χ0n) is 13.0. The number of aryl methyl sites for hydroxylation is 1. The van der Waals surface area contributed by atoms with Gasteiger partial charge in [-0.25, -0.2) is 0 Å². The minimum absolute atomic E-state index is 0.193. The second-order valence-corrected chi connectivity index (χ2v) is 5.56. The molecule has 1 unspecified atom stereocenters. The number of β-amino-alcohol motifs (C(OH)–C–C–N with tert-alkyl or cyclic N) is 1. The van der Waals surface area contributed by atoms with Crippen molar-refractivity contribution in [2.24, 2.45) is 0 Å². The quantitative estimate of drug-likeness (QED) is 0.764. The Morgan fingerprint density at radius 1 is 1.36 bits per heavy atom. The zero-order chi connectivity index (χ0) is 15.8. The summed E-state index contributed by atoms with van der Waals surface area (Å²) in [6.45, 7) is 5.92. The average molecular weight is 304 g/mol. The largest absolute Gasteiger partial charge is 0.390 e. The Morgan fingerprint density at radius 3 is 2.73 bits per heavy atom. The summed E-state index contributed by atoms with van der Waals surface area (Å²) in [4.78, 5) is 13.9. The third-order valence-corrected chi connectivity index (χ3v) is 3.59. The predicted octanol–water partition coefficient (Wildman–Crippen LogP) is 0.818. The van der Waals surface area contributed by atoms with Gasteiger partial charge in [0.05, 0.1) is 19.3 Å². The second-order valence-electron chi connectivity index (χ2n) is 5.56. The maximum absolute atomic E-state index is 11.7. The van der Waals surface area contributed by atoms with Gasteiger partial charge in [0, 0.05) is 32.3 Å². The van der Waals surface area contributed by atoms with E-state index in [9.17, 15) is 9.90 Å². The molecular weight excluding hydrogens is 280 g/mol. The molecule has 1 heterocycles. The molecule has 1 amide bonds. The van der Waals surface area contributed by atoms with Crippen LogP contribution in [0, 0.1) is 6.92 Å². The summed E-state index contributed by atoms with van der Waals surface area (Å²) in [6.07, 6.45) is 2.70. The lowest BCUT2D eigenvalue weighted by atomic mass is 10.1. The molecule has 1 fully saturated rings. The molecule has 1 atom stereocenters. The molecule has 0 saturated carbocycles. The summed E-state index contributed by atoms with van der Waals surface area (Å²) in [5.74, 6) is -0.193. The molecule has 1 aromatic carbocycles. The summed E-state index contributed by atoms with van der Waals surface area (Å²) < 4.78 is 5.26. The molecule has 2 rings (SSSR count). The van der Waals surface area contributed by atoms with E-state index in [-0.39, 0.29) is 12.5 Å². The van der Waals surface area contributed by atoms with Crippen molar-refractivity contribution >= 4 is 12.0 Å². The fourth-order valence-electron chi connectivity index (χ4n) is 2.27. The van der Waals surface area contributed by atoms with E-state index in [2.05, 4.69) is 10.2 Å². The standard InChI is InChI=1S/C17H24N2O3/c1-14-2-4-15(5-3-14)6-7-17(21)18-12-16(20)13-19-8-10-22-11-9-19/h2-7,16,20H,8-13H2,1H3,(H,18,21)/b7-6+. The number of rotatable bonds is 6. The van der Waals surface area contributed by atoms with E-state index in [0.29, 0.717) is 19.8 Å². The zero-order valence-corrected chi connectivity index (χ0v) is 13.0. The molecule has 120 valence electrons. The highest BCUT2D eigenvalue weighted by Crippen LogP contribution is 2.04. The van der Waals surface area contributed by atoms with Crippen molar-refractivity contribution in [3.8, 4) is 0 Å². The van der Waals surface area contributed by atoms with E-state index in [0.717, 1.165) is 18.7 Å². The van der Waals surface area contributed by atoms with E-state index < -0.39 is 6.10 Å². The highest BCUT2D eigenvalue weighted by molar-refractivity contribution is 5.91. The van der Waals surface area contributed by atoms with Crippen molar-refractivity contribution < 1.29 is 14.6 Å². The number of nitrogens with zero attached hydrogens (tertiary/aromatic N) is 1. The van der Waals surface area contributed by atoms with Gasteiger partial charge in [-0.05, 0) is 18.6 Å². The van der Waals surface area contributed by atoms with Crippen LogP contribution in [0.1, 0.15) is 11.1 Å². The van der Waals surface area contributed by atoms with Gasteiger partial charge in [-0.1, -0.05) is 29.8 Å². The summed E-state index contributed by atoms with van der Waals surface area (Å²) in [7, 11) is 0. The second kappa shape index (κ2) is 8.68. The Hall–Kier alpha value is -1.69. The number of amides is 1. The van der Waals surface area contributed by atoms with Crippen LogP contribution in [0.5, 0.6) is 0 Å². The fourth-order valence-corrected chi connectivity index (χ4v) is 2.27. The van der Waals surface area contributed by atoms with Gasteiger partial charge in [-0.2, -0.15) is 0 Å². The average Bonchev–Trinajstić information content (AvgIpc) is 2.53. The Morgan fingerprint density at radius 2 is 2.05 bits per heavy atom. The number of nitrogens with one attached hydrogen (secondary N) is 1. The van der Waals surface area contributed by atoms with Crippen LogP contribution in [0.4, 0.5) is 0 Å². The Balaban J connectivity index is 1.69. The van der Waals surface area contributed by atoms with Crippen LogP contribution in [0.2, 0.25) is 0 Å². The minimum atomic E-state index is -0.560. The number of hydrogen-bond donors (Lipinski definition) is 2. The molecule has 5 heteroatoms. The maximum atomic E-state index is 11.7. The predicted molar refractivity (Wildman–Crippen MR) is 86.5 cm³/mol. The highest BCUT2D eigenvalue weighted by Gasteiger charge is 2.14. The number of carbonyl (C=O) groups is 1. The van der Waals surface area contributed by atoms with Gasteiger partial charge in [0.15, 0.2) is 0 Å². The molecule has 0 radical (unpaired) electrons. The van der Waals surface area contributed by atoms with Crippen LogP contribution in [-0.4, -0.2) is 61.4 Å². The Kier molecular flexibility index (Phi) is 6.58. The van der Waals surface area contributed by atoms with E-state index in [1.54, 1.807) is 6.08 Å². The van der Waals surface area contributed by atoms with E-state index in [1.807, 2.05) is 31.2 Å². The van der Waals surface area contributed by atoms with Crippen LogP contribution >= 0.6 is 0 Å². The fraction of sp³-hybridized carbons (Fsp3) is 0.471. The molecule has 2 N–H and O–H groups in total. The maximum Gasteiger partial charge on any atom is 0.244 e. The molecule has 1 aliphatic rings. The lowest BCUT2D eigenvalue weighted by molar-refractivity contribution is -0.117. The highest BCUT2D eigenvalue weighted by atomic mass is 16.5. The lowest BCUT2D eigenvalue weighted by Crippen LogP contribution is -2.44. The van der Waals surface area contributed by atoms with Crippen molar-refractivity contribution in [3.63, 3.8) is 0 Å². The van der Waals surface area contributed by atoms with E-state index in [4.69, 9.17) is 4.74 Å². The monoisotopic (exact) mass is 304 g/mol. The van der Waals surface area contributed by atoms with Crippen molar-refractivity contribution in [1.82, 2.24) is 10.2 Å². The SMILES string of the molecule is Cc1ccc(/C=C/C(=O)NCC(O)CN2CCOCC2)cc1. The normalized spacial score (nSPS) is 17.5. The molecule has 1 aromatic rings. The summed E-state index contributed by atoms with van der Waals surface area (Å²) >= 11 is 0. The van der Waals surface area contributed by atoms with Gasteiger partial charge in [-0.15, -0.1) is 0 Å². The van der Waals surface area contributed by atoms with Crippen molar-refractivity contribution in [2.45, 2.75) is 13.0 Å². The van der Waals surface area contributed by atoms with Gasteiger partial charge < -0.3 is 15.2 Å². The Bertz CT molecular complexity index is 493. The van der Waals surface area contributed by atoms with Crippen molar-refractivity contribution in [1.29, 1.82) is 0 Å². The van der Waals surface area contributed by atoms with Crippen LogP contribution in [0.15, 0.2) is 30.3 Å². The smallest absolute Gasteiger partial charge is 0.244 e. The van der Waals surface area contributed by atoms with Gasteiger partial charge in [0.25, 0.3) is 0 Å². The van der Waals surface area contributed by atoms with Gasteiger partial charge in [-0.3, -0.25) is 9.69 Å². The minimum Gasteiger partial charge on any atom is -0.390 e. The third-order valence-electron chi connectivity index (χ3n) is 3.59. The number of carbonyl (C=O) groups excluding carboxylic acids is 1. The lowest BCUT2D eigenvalue weighted by Gasteiger charge is -2.28. The van der Waals surface area contributed by atoms with Gasteiger partial charge in [0.2, 0.25) is 5.91 Å². The molecule has 1 aliphatic heterocycles. The van der Waals surface area contributed by atoms with Crippen LogP contribution in [0.3, 0.4) is 0 Å². The first kappa shape index (κ1) is 16.7. The van der Waals surface area contributed by atoms with E-state index >= 15 is 0 Å². The van der Waals surface area contributed by atoms with Crippen LogP contribution < -0.4 is 5.32 Å². The number of aliphatic hydroxyl groups excluding tert-OH is 1. The van der Waals surface area contributed by atoms with Crippen LogP contribution in [-0.2, 0) is 9.53 Å². The number of morpholine rings is 1. The first-order valence-electron chi connectivity index (χ1n) is 7.64. The molecule has 0 spiro atoms. The molecule has 5 nitrogen and oxygen atoms in total. The Labute approximate surface area is 131 Å². The van der Waals surface area contributed by atoms with Gasteiger partial charge >= 0.3 is 0 Å². The molecule has 22 heavy (non-hydrogen) atoms. The van der Waals surface area contributed by atoms with Crippen LogP contribution in [0.25, 0.3) is 6.08 Å². The molecule has 0 aromatic heterocycles. The molecule has 0 bridgehead atoms. The summed E-state index contributed by atoms with van der Waals surface area (Å²) in [5.41, 5.74) is 2.17. The van der Waals surface area contributed by atoms with Crippen molar-refractivity contribution in [2.75, 3.05) is 39.4 Å². The summed E-state index contributed by atoms with van der Waals surface area (Å²) in [6, 6.07) is 7.94. The number of benzene rings is 1. The molecule has 1 saturated heterocycles. The molecular formula is C17H24N2O3. The topological polar surface area (TPSA) is 61.8 Å². The van der Waals surface area contributed by atoms with Crippen molar-refractivity contribution in [3.05, 3.63) is 41.5 Å². The number of aliphatic hydroxyl groups is 1.